The summed E-state index contributed by atoms with van der Waals surface area (Å²) in [4.78, 5) is 109. The first-order valence-electron chi connectivity index (χ1n) is 20.1. The van der Waals surface area contributed by atoms with Gasteiger partial charge >= 0.3 is 5.97 Å². The van der Waals surface area contributed by atoms with Gasteiger partial charge in [-0.3, -0.25) is 38.4 Å². The van der Waals surface area contributed by atoms with Crippen LogP contribution in [0.2, 0.25) is 0 Å². The van der Waals surface area contributed by atoms with Crippen molar-refractivity contribution in [1.82, 2.24) is 36.5 Å². The molecule has 330 valence electrons. The van der Waals surface area contributed by atoms with Gasteiger partial charge in [-0.05, 0) is 51.2 Å². The van der Waals surface area contributed by atoms with E-state index in [2.05, 4.69) is 38.6 Å². The first-order valence-corrected chi connectivity index (χ1v) is 22.5. The molecule has 0 bridgehead atoms. The number of primary amides is 1. The van der Waals surface area contributed by atoms with Crippen LogP contribution in [-0.2, 0) is 49.5 Å². The Morgan fingerprint density at radius 1 is 0.917 bits per heavy atom. The number of nitrogens with two attached hydrogens (primary N) is 1. The number of amides is 7. The van der Waals surface area contributed by atoms with Crippen LogP contribution in [0.1, 0.15) is 51.5 Å². The molecule has 4 unspecified atom stereocenters. The maximum Gasteiger partial charge on any atom is 0.305 e. The number of carboxylic acids is 1. The van der Waals surface area contributed by atoms with Crippen molar-refractivity contribution in [2.45, 2.75) is 82.6 Å². The monoisotopic (exact) mass is 876 g/mol. The fraction of sp³-hybridized carbons (Fsp3) is 0.590. The highest BCUT2D eigenvalue weighted by atomic mass is 33.1. The number of aromatic amines is 1. The summed E-state index contributed by atoms with van der Waals surface area (Å²) in [5, 5.41) is 23.2. The molecule has 3 heterocycles. The molecule has 0 radical (unpaired) electrons. The molecule has 4 rings (SSSR count). The number of carboxylic acid groups (broad SMARTS) is 1. The fourth-order valence-electron chi connectivity index (χ4n) is 6.94. The van der Waals surface area contributed by atoms with Gasteiger partial charge in [0.25, 0.3) is 0 Å². The Labute approximate surface area is 356 Å². The Hall–Kier alpha value is -4.86. The predicted octanol–water partition coefficient (Wildman–Crippen LogP) is -0.605. The van der Waals surface area contributed by atoms with Crippen molar-refractivity contribution in [2.75, 3.05) is 64.5 Å². The van der Waals surface area contributed by atoms with Gasteiger partial charge in [-0.15, -0.1) is 0 Å². The number of likely N-dealkylation sites (N-methyl/N-ethyl adjacent to an activating group) is 1. The third-order valence-corrected chi connectivity index (χ3v) is 13.1. The van der Waals surface area contributed by atoms with Gasteiger partial charge in [0.05, 0.1) is 39.8 Å². The van der Waals surface area contributed by atoms with Crippen LogP contribution in [0.5, 0.6) is 0 Å². The minimum absolute atomic E-state index is 0.00734. The summed E-state index contributed by atoms with van der Waals surface area (Å²) in [6, 6.07) is 1.31. The maximum absolute atomic E-state index is 14.1. The summed E-state index contributed by atoms with van der Waals surface area (Å²) in [6.45, 7) is 6.16. The van der Waals surface area contributed by atoms with Crippen LogP contribution in [0, 0.1) is 0 Å². The first-order chi connectivity index (χ1) is 28.6. The summed E-state index contributed by atoms with van der Waals surface area (Å²) >= 11 is 0. The van der Waals surface area contributed by atoms with Gasteiger partial charge in [0.1, 0.15) is 43.3 Å². The molecule has 1 aromatic heterocycles. The Morgan fingerprint density at radius 2 is 1.63 bits per heavy atom. The van der Waals surface area contributed by atoms with Crippen LogP contribution in [0.15, 0.2) is 30.5 Å². The number of fused-ring (bicyclic) bond motifs is 1. The van der Waals surface area contributed by atoms with E-state index in [0.29, 0.717) is 31.8 Å². The van der Waals surface area contributed by atoms with Gasteiger partial charge in [-0.1, -0.05) is 39.8 Å². The van der Waals surface area contributed by atoms with Crippen molar-refractivity contribution in [3.63, 3.8) is 0 Å². The van der Waals surface area contributed by atoms with E-state index in [1.54, 1.807) is 6.20 Å². The molecule has 1 aromatic carbocycles. The molecule has 9 N–H and O–H groups in total. The van der Waals surface area contributed by atoms with Gasteiger partial charge in [0.15, 0.2) is 0 Å². The zero-order valence-corrected chi connectivity index (χ0v) is 35.9. The van der Waals surface area contributed by atoms with Crippen LogP contribution in [0.4, 0.5) is 0 Å². The third-order valence-electron chi connectivity index (χ3n) is 10.6. The topological polar surface area (TPSA) is 271 Å². The molecule has 7 amide bonds. The smallest absolute Gasteiger partial charge is 0.305 e. The lowest BCUT2D eigenvalue weighted by Gasteiger charge is -2.37. The number of carbonyl (C=O) groups excluding carboxylic acids is 7. The summed E-state index contributed by atoms with van der Waals surface area (Å²) in [7, 11) is 4.63. The predicted molar refractivity (Wildman–Crippen MR) is 226 cm³/mol. The van der Waals surface area contributed by atoms with Gasteiger partial charge in [-0.25, -0.2) is 0 Å². The van der Waals surface area contributed by atoms with Crippen molar-refractivity contribution in [3.05, 3.63) is 36.0 Å². The van der Waals surface area contributed by atoms with E-state index in [-0.39, 0.29) is 25.1 Å². The molecule has 2 aliphatic rings. The average molecular weight is 877 g/mol. The number of carbonyl (C=O) groups is 8. The van der Waals surface area contributed by atoms with E-state index < -0.39 is 90.5 Å². The second-order valence-corrected chi connectivity index (χ2v) is 17.9. The minimum atomic E-state index is -1.64. The highest BCUT2D eigenvalue weighted by Gasteiger charge is 2.34. The summed E-state index contributed by atoms with van der Waals surface area (Å²) in [5.41, 5.74) is 7.39. The van der Waals surface area contributed by atoms with E-state index >= 15 is 0 Å². The number of para-hydroxylation sites is 1. The molecule has 2 aliphatic heterocycles. The lowest BCUT2D eigenvalue weighted by atomic mass is 10.1. The normalized spacial score (nSPS) is 24.7. The summed E-state index contributed by atoms with van der Waals surface area (Å²) in [6.07, 6.45) is 2.91. The number of unbranched alkanes of at least 4 members (excludes halogenated alkanes) is 1. The number of H-pyrrole nitrogens is 1. The highest BCUT2D eigenvalue weighted by Crippen LogP contribution is 2.23. The number of nitrogens with one attached hydrogen (secondary N) is 6. The van der Waals surface area contributed by atoms with E-state index in [4.69, 9.17) is 10.5 Å². The zero-order chi connectivity index (χ0) is 43.8. The average Bonchev–Trinajstić information content (AvgIpc) is 3.62. The van der Waals surface area contributed by atoms with Crippen molar-refractivity contribution in [2.24, 2.45) is 5.73 Å². The van der Waals surface area contributed by atoms with Crippen molar-refractivity contribution >= 4 is 79.8 Å². The quantitative estimate of drug-likeness (QED) is 0.0799. The van der Waals surface area contributed by atoms with E-state index in [9.17, 15) is 43.5 Å². The molecular formula is C39H58N9O10S2+. The first kappa shape index (κ1) is 47.8. The van der Waals surface area contributed by atoms with Gasteiger partial charge in [0.2, 0.25) is 41.4 Å². The van der Waals surface area contributed by atoms with Crippen LogP contribution >= 0.6 is 21.6 Å². The molecule has 0 saturated carbocycles. The third kappa shape index (κ3) is 14.7. The fourth-order valence-corrected chi connectivity index (χ4v) is 9.11. The summed E-state index contributed by atoms with van der Waals surface area (Å²) < 4.78 is 6.31. The second kappa shape index (κ2) is 23.2. The molecule has 21 heteroatoms. The molecule has 0 spiro atoms. The number of aromatic nitrogens is 1. The molecule has 19 nitrogen and oxygen atoms in total. The number of ether oxygens (including phenoxy) is 1. The number of nitrogens with zero attached hydrogens (tertiary/aromatic N) is 2. The maximum atomic E-state index is 14.1. The second-order valence-electron chi connectivity index (χ2n) is 15.3. The van der Waals surface area contributed by atoms with Crippen LogP contribution in [0.25, 0.3) is 10.9 Å². The van der Waals surface area contributed by atoms with Gasteiger partial charge < -0.3 is 56.5 Å². The standard InChI is InChI=1S/C39H57N9O10S2/c1-24-39(57)47(13-11-26-21-41-28-9-5-4-8-27(26)28)25(2)36(54)46-31(35(40)53)23-60-59-19-12-32(49)44-29(10-6-7-14-48(3)15-17-58-18-16-48)37(55)42-22-33(50)45-30(20-34(51)52)38(56)43-24/h4-5,8-9,21,24-25,29-31,41H,6-7,10-20,22-23H2,1-3H3,(H7-,40,42,43,44,45,46,49,50,51,52,53,54,55,56)/p+1/t24?,25?,29?,30?,31-/m0/s1. The van der Waals surface area contributed by atoms with Crippen molar-refractivity contribution in [3.8, 4) is 0 Å². The molecular weight excluding hydrogens is 819 g/mol. The van der Waals surface area contributed by atoms with Crippen LogP contribution < -0.4 is 32.3 Å². The molecule has 2 fully saturated rings. The zero-order valence-electron chi connectivity index (χ0n) is 34.3. The minimum Gasteiger partial charge on any atom is -0.481 e. The van der Waals surface area contributed by atoms with Crippen LogP contribution in [0.3, 0.4) is 0 Å². The lowest BCUT2D eigenvalue weighted by Crippen LogP contribution is -2.59. The molecule has 0 aliphatic carbocycles. The van der Waals surface area contributed by atoms with E-state index in [1.807, 2.05) is 24.3 Å². The highest BCUT2D eigenvalue weighted by molar-refractivity contribution is 8.76. The van der Waals surface area contributed by atoms with Gasteiger partial charge in [-0.2, -0.15) is 0 Å². The number of aliphatic carboxylic acids is 1. The molecule has 2 aromatic rings. The van der Waals surface area contributed by atoms with Crippen molar-refractivity contribution in [1.29, 1.82) is 0 Å². The number of hydrogen-bond acceptors (Lipinski definition) is 11. The number of benzene rings is 1. The van der Waals surface area contributed by atoms with Crippen molar-refractivity contribution < 1.29 is 52.7 Å². The molecule has 2 saturated heterocycles. The Morgan fingerprint density at radius 3 is 2.35 bits per heavy atom. The Kier molecular flexibility index (Phi) is 18.5. The molecule has 60 heavy (non-hydrogen) atoms. The van der Waals surface area contributed by atoms with E-state index in [0.717, 1.165) is 47.0 Å². The Balaban J connectivity index is 1.53. The molecule has 5 atom stereocenters. The lowest BCUT2D eigenvalue weighted by molar-refractivity contribution is -0.917. The largest absolute Gasteiger partial charge is 0.481 e. The van der Waals surface area contributed by atoms with Crippen LogP contribution in [-0.4, -0.2) is 161 Å². The number of hydrogen-bond donors (Lipinski definition) is 8. The van der Waals surface area contributed by atoms with E-state index in [1.165, 1.54) is 40.3 Å². The Bertz CT molecular complexity index is 1860. The summed E-state index contributed by atoms with van der Waals surface area (Å²) in [5.74, 6) is -6.18. The number of rotatable bonds is 11. The number of quaternary nitrogens is 1. The SMILES string of the molecule is CC1NC(=O)C(CC(=O)O)NC(=O)CNC(=O)C(CCCC[N+]2(C)CCOCC2)NC(=O)CCSSC[C@@H](C(N)=O)NC(=O)C(C)N(CCc2c[nH]c3ccccc23)C1=O. The van der Waals surface area contributed by atoms with Gasteiger partial charge in [0, 0.05) is 41.6 Å². The number of morpholine rings is 1.